The quantitative estimate of drug-likeness (QED) is 0.412. The van der Waals surface area contributed by atoms with Gasteiger partial charge in [-0.25, -0.2) is 4.39 Å². The van der Waals surface area contributed by atoms with Crippen molar-refractivity contribution in [3.63, 3.8) is 0 Å². The maximum atomic E-state index is 13.7. The van der Waals surface area contributed by atoms with Crippen LogP contribution in [0.25, 0.3) is 0 Å². The molecule has 2 atom stereocenters. The van der Waals surface area contributed by atoms with Gasteiger partial charge >= 0.3 is 0 Å². The van der Waals surface area contributed by atoms with E-state index >= 15 is 0 Å². The van der Waals surface area contributed by atoms with Crippen LogP contribution in [0.15, 0.2) is 29.3 Å². The molecule has 0 spiro atoms. The molecule has 0 aliphatic carbocycles. The largest absolute Gasteiger partial charge is 0.486 e. The molecule has 0 radical (unpaired) electrons. The molecule has 1 aliphatic heterocycles. The zero-order valence-electron chi connectivity index (χ0n) is 15.9. The Kier molecular flexibility index (Phi) is 8.64. The fraction of sp³-hybridized carbons (Fsp3) is 0.632. The lowest BCUT2D eigenvalue weighted by atomic mass is 10.1. The number of nitrogens with zero attached hydrogens (tertiary/aromatic N) is 2. The number of halogens is 1. The van der Waals surface area contributed by atoms with Crippen molar-refractivity contribution in [2.75, 3.05) is 53.6 Å². The van der Waals surface area contributed by atoms with Crippen LogP contribution >= 0.6 is 0 Å². The maximum Gasteiger partial charge on any atom is 0.193 e. The van der Waals surface area contributed by atoms with E-state index in [9.17, 15) is 4.39 Å². The number of methoxy groups -OCH3 is 1. The first kappa shape index (κ1) is 20.5. The monoisotopic (exact) mass is 367 g/mol. The molecule has 1 aromatic carbocycles. The molecular weight excluding hydrogens is 337 g/mol. The summed E-state index contributed by atoms with van der Waals surface area (Å²) in [6, 6.07) is 6.44. The molecule has 2 rings (SSSR count). The summed E-state index contributed by atoms with van der Waals surface area (Å²) in [4.78, 5) is 6.57. The minimum atomic E-state index is -0.348. The van der Waals surface area contributed by atoms with Gasteiger partial charge in [-0.3, -0.25) is 4.99 Å². The molecule has 0 amide bonds. The second kappa shape index (κ2) is 11.0. The third-order valence-corrected chi connectivity index (χ3v) is 4.29. The fourth-order valence-electron chi connectivity index (χ4n) is 2.92. The molecule has 0 bridgehead atoms. The Morgan fingerprint density at radius 3 is 2.92 bits per heavy atom. The van der Waals surface area contributed by atoms with Crippen LogP contribution in [0.1, 0.15) is 13.3 Å². The molecule has 1 heterocycles. The van der Waals surface area contributed by atoms with Gasteiger partial charge in [-0.05, 0) is 25.5 Å². The van der Waals surface area contributed by atoms with Gasteiger partial charge in [0.15, 0.2) is 17.5 Å². The summed E-state index contributed by atoms with van der Waals surface area (Å²) < 4.78 is 29.9. The van der Waals surface area contributed by atoms with Crippen LogP contribution < -0.4 is 10.1 Å². The number of benzene rings is 1. The highest BCUT2D eigenvalue weighted by Crippen LogP contribution is 2.18. The Morgan fingerprint density at radius 2 is 2.19 bits per heavy atom. The summed E-state index contributed by atoms with van der Waals surface area (Å²) in [6.45, 7) is 6.31. The Morgan fingerprint density at radius 1 is 1.38 bits per heavy atom. The van der Waals surface area contributed by atoms with Crippen LogP contribution in [0.4, 0.5) is 4.39 Å². The Bertz CT molecular complexity index is 571. The minimum Gasteiger partial charge on any atom is -0.486 e. The summed E-state index contributed by atoms with van der Waals surface area (Å²) >= 11 is 0. The van der Waals surface area contributed by atoms with E-state index in [1.165, 1.54) is 6.07 Å². The first-order chi connectivity index (χ1) is 12.6. The Balaban J connectivity index is 1.73. The number of guanidine groups is 1. The normalized spacial score (nSPS) is 18.8. The smallest absolute Gasteiger partial charge is 0.193 e. The van der Waals surface area contributed by atoms with Crippen LogP contribution in [0.2, 0.25) is 0 Å². The lowest BCUT2D eigenvalue weighted by Crippen LogP contribution is -2.43. The first-order valence-electron chi connectivity index (χ1n) is 9.07. The van der Waals surface area contributed by atoms with Gasteiger partial charge < -0.3 is 24.4 Å². The number of hydrogen-bond acceptors (Lipinski definition) is 4. The molecule has 7 heteroatoms. The molecule has 0 aromatic heterocycles. The maximum absolute atomic E-state index is 13.7. The van der Waals surface area contributed by atoms with E-state index < -0.39 is 0 Å². The summed E-state index contributed by atoms with van der Waals surface area (Å²) in [7, 11) is 3.44. The standard InChI is InChI=1S/C19H30FN3O3/c1-15(26-18-7-5-4-6-17(18)20)12-22-19(21-2)23-9-8-16(13-23)14-25-11-10-24-3/h4-7,15-16H,8-14H2,1-3H3,(H,21,22). The summed E-state index contributed by atoms with van der Waals surface area (Å²) in [6.07, 6.45) is 0.897. The number of rotatable bonds is 9. The van der Waals surface area contributed by atoms with Gasteiger partial charge in [0.1, 0.15) is 6.10 Å². The highest BCUT2D eigenvalue weighted by Gasteiger charge is 2.25. The van der Waals surface area contributed by atoms with Gasteiger partial charge in [0.25, 0.3) is 0 Å². The molecule has 2 unspecified atom stereocenters. The molecule has 146 valence electrons. The van der Waals surface area contributed by atoms with Crippen LogP contribution in [0, 0.1) is 11.7 Å². The van der Waals surface area contributed by atoms with Gasteiger partial charge in [-0.1, -0.05) is 12.1 Å². The van der Waals surface area contributed by atoms with Gasteiger partial charge in [0.05, 0.1) is 26.4 Å². The number of hydrogen-bond donors (Lipinski definition) is 1. The molecule has 1 aromatic rings. The summed E-state index contributed by atoms with van der Waals surface area (Å²) in [5.74, 6) is 1.26. The highest BCUT2D eigenvalue weighted by molar-refractivity contribution is 5.80. The van der Waals surface area contributed by atoms with Crippen molar-refractivity contribution < 1.29 is 18.6 Å². The molecular formula is C19H30FN3O3. The SMILES string of the molecule is CN=C(NCC(C)Oc1ccccc1F)N1CCC(COCCOC)C1. The van der Waals surface area contributed by atoms with Crippen LogP contribution in [-0.4, -0.2) is 70.6 Å². The van der Waals surface area contributed by atoms with Gasteiger partial charge in [-0.2, -0.15) is 0 Å². The fourth-order valence-corrected chi connectivity index (χ4v) is 2.92. The van der Waals surface area contributed by atoms with Crippen molar-refractivity contribution in [3.05, 3.63) is 30.1 Å². The second-order valence-electron chi connectivity index (χ2n) is 6.46. The molecule has 6 nitrogen and oxygen atoms in total. The van der Waals surface area contributed by atoms with E-state index in [2.05, 4.69) is 15.2 Å². The van der Waals surface area contributed by atoms with E-state index in [0.29, 0.717) is 25.7 Å². The van der Waals surface area contributed by atoms with Crippen LogP contribution in [-0.2, 0) is 9.47 Å². The predicted molar refractivity (Wildman–Crippen MR) is 100 cm³/mol. The molecule has 0 saturated carbocycles. The van der Waals surface area contributed by atoms with Gasteiger partial charge in [-0.15, -0.1) is 0 Å². The van der Waals surface area contributed by atoms with Crippen molar-refractivity contribution in [1.82, 2.24) is 10.2 Å². The lowest BCUT2D eigenvalue weighted by Gasteiger charge is -2.23. The topological polar surface area (TPSA) is 55.3 Å². The number of likely N-dealkylation sites (tertiary alicyclic amines) is 1. The third kappa shape index (κ3) is 6.46. The average Bonchev–Trinajstić information content (AvgIpc) is 3.10. The van der Waals surface area contributed by atoms with E-state index in [4.69, 9.17) is 14.2 Å². The van der Waals surface area contributed by atoms with Crippen molar-refractivity contribution in [3.8, 4) is 5.75 Å². The molecule has 1 saturated heterocycles. The lowest BCUT2D eigenvalue weighted by molar-refractivity contribution is 0.0536. The van der Waals surface area contributed by atoms with Crippen molar-refractivity contribution in [2.45, 2.75) is 19.4 Å². The minimum absolute atomic E-state index is 0.181. The van der Waals surface area contributed by atoms with E-state index in [1.54, 1.807) is 32.4 Å². The van der Waals surface area contributed by atoms with Crippen molar-refractivity contribution in [2.24, 2.45) is 10.9 Å². The Hall–Kier alpha value is -1.86. The summed E-state index contributed by atoms with van der Waals surface area (Å²) in [5, 5.41) is 3.32. The highest BCUT2D eigenvalue weighted by atomic mass is 19.1. The second-order valence-corrected chi connectivity index (χ2v) is 6.46. The zero-order chi connectivity index (χ0) is 18.8. The number of ether oxygens (including phenoxy) is 3. The van der Waals surface area contributed by atoms with Gasteiger partial charge in [0, 0.05) is 33.2 Å². The number of aliphatic imine (C=N–C) groups is 1. The third-order valence-electron chi connectivity index (χ3n) is 4.29. The molecule has 1 aliphatic rings. The van der Waals surface area contributed by atoms with Crippen molar-refractivity contribution in [1.29, 1.82) is 0 Å². The average molecular weight is 367 g/mol. The number of para-hydroxylation sites is 1. The van der Waals surface area contributed by atoms with Gasteiger partial charge in [0.2, 0.25) is 0 Å². The Labute approximate surface area is 155 Å². The molecule has 1 fully saturated rings. The molecule has 1 N–H and O–H groups in total. The van der Waals surface area contributed by atoms with E-state index in [0.717, 1.165) is 32.1 Å². The van der Waals surface area contributed by atoms with E-state index in [-0.39, 0.29) is 17.7 Å². The summed E-state index contributed by atoms with van der Waals surface area (Å²) in [5.41, 5.74) is 0. The van der Waals surface area contributed by atoms with Crippen LogP contribution in [0.3, 0.4) is 0 Å². The zero-order valence-corrected chi connectivity index (χ0v) is 15.9. The van der Waals surface area contributed by atoms with Crippen LogP contribution in [0.5, 0.6) is 5.75 Å². The van der Waals surface area contributed by atoms with Crippen molar-refractivity contribution >= 4 is 5.96 Å². The van der Waals surface area contributed by atoms with E-state index in [1.807, 2.05) is 6.92 Å². The molecule has 26 heavy (non-hydrogen) atoms. The first-order valence-corrected chi connectivity index (χ1v) is 9.07. The number of nitrogens with one attached hydrogen (secondary N) is 1. The predicted octanol–water partition coefficient (Wildman–Crippen LogP) is 2.15.